The first-order valence-electron chi connectivity index (χ1n) is 9.33. The van der Waals surface area contributed by atoms with Crippen LogP contribution < -0.4 is 15.1 Å². The van der Waals surface area contributed by atoms with E-state index < -0.39 is 0 Å². The Morgan fingerprint density at radius 2 is 1.69 bits per heavy atom. The highest BCUT2D eigenvalue weighted by Crippen LogP contribution is 2.19. The van der Waals surface area contributed by atoms with Gasteiger partial charge in [0.1, 0.15) is 23.7 Å². The summed E-state index contributed by atoms with van der Waals surface area (Å²) in [7, 11) is 0. The van der Waals surface area contributed by atoms with E-state index in [1.165, 1.54) is 19.2 Å². The topological polar surface area (TPSA) is 74.2 Å². The van der Waals surface area contributed by atoms with Crippen molar-refractivity contribution in [1.82, 2.24) is 20.3 Å². The van der Waals surface area contributed by atoms with Gasteiger partial charge >= 0.3 is 0 Å². The third kappa shape index (κ3) is 3.76. The van der Waals surface area contributed by atoms with Crippen LogP contribution in [0.5, 0.6) is 0 Å². The van der Waals surface area contributed by atoms with Gasteiger partial charge in [0.25, 0.3) is 5.91 Å². The van der Waals surface area contributed by atoms with Crippen LogP contribution in [0, 0.1) is 0 Å². The maximum Gasteiger partial charge on any atom is 0.270 e. The molecule has 2 aromatic rings. The maximum absolute atomic E-state index is 12.4. The molecule has 7 heteroatoms. The Morgan fingerprint density at radius 3 is 2.38 bits per heavy atom. The summed E-state index contributed by atoms with van der Waals surface area (Å²) in [4.78, 5) is 29.9. The van der Waals surface area contributed by atoms with Crippen molar-refractivity contribution < 1.29 is 4.79 Å². The van der Waals surface area contributed by atoms with E-state index in [9.17, 15) is 4.79 Å². The van der Waals surface area contributed by atoms with Crippen LogP contribution in [0.2, 0.25) is 0 Å². The smallest absolute Gasteiger partial charge is 0.270 e. The summed E-state index contributed by atoms with van der Waals surface area (Å²) in [5.74, 6) is 1.73. The number of hydrogen-bond acceptors (Lipinski definition) is 6. The minimum Gasteiger partial charge on any atom is -0.353 e. The van der Waals surface area contributed by atoms with E-state index >= 15 is 0 Å². The van der Waals surface area contributed by atoms with E-state index in [4.69, 9.17) is 0 Å². The van der Waals surface area contributed by atoms with Crippen LogP contribution in [0.4, 0.5) is 11.6 Å². The van der Waals surface area contributed by atoms with E-state index in [0.29, 0.717) is 11.7 Å². The average molecular weight is 352 g/mol. The molecule has 3 heterocycles. The highest BCUT2D eigenvalue weighted by Gasteiger charge is 2.22. The zero-order valence-electron chi connectivity index (χ0n) is 14.8. The van der Waals surface area contributed by atoms with Gasteiger partial charge in [-0.25, -0.2) is 15.0 Å². The molecule has 0 spiro atoms. The molecule has 136 valence electrons. The fraction of sp³-hybridized carbons (Fsp3) is 0.474. The highest BCUT2D eigenvalue weighted by molar-refractivity contribution is 5.93. The quantitative estimate of drug-likeness (QED) is 0.905. The third-order valence-corrected chi connectivity index (χ3v) is 5.15. The first-order chi connectivity index (χ1) is 12.8. The van der Waals surface area contributed by atoms with Gasteiger partial charge in [-0.2, -0.15) is 0 Å². The van der Waals surface area contributed by atoms with Gasteiger partial charge in [0.15, 0.2) is 0 Å². The molecule has 0 unspecified atom stereocenters. The number of rotatable bonds is 4. The average Bonchev–Trinajstić information content (AvgIpc) is 3.22. The molecule has 2 fully saturated rings. The summed E-state index contributed by atoms with van der Waals surface area (Å²) >= 11 is 0. The second-order valence-corrected chi connectivity index (χ2v) is 6.88. The van der Waals surface area contributed by atoms with Gasteiger partial charge in [-0.15, -0.1) is 0 Å². The lowest BCUT2D eigenvalue weighted by molar-refractivity contribution is 0.0932. The maximum atomic E-state index is 12.4. The van der Waals surface area contributed by atoms with Crippen LogP contribution in [0.15, 0.2) is 36.8 Å². The standard InChI is InChI=1S/C19H24N6O/c26-19(23-15-5-1-2-6-15)16-13-18(22-14-21-16)25-11-9-24(10-12-25)17-7-3-4-8-20-17/h3-4,7-8,13-15H,1-2,5-6,9-12H2,(H,23,26). The molecule has 0 aromatic carbocycles. The van der Waals surface area contributed by atoms with Crippen LogP contribution in [-0.2, 0) is 0 Å². The Hall–Kier alpha value is -2.70. The molecule has 1 aliphatic heterocycles. The lowest BCUT2D eigenvalue weighted by Gasteiger charge is -2.36. The lowest BCUT2D eigenvalue weighted by Crippen LogP contribution is -2.47. The van der Waals surface area contributed by atoms with E-state index in [1.54, 1.807) is 6.07 Å². The Bertz CT molecular complexity index is 739. The number of carbonyl (C=O) groups is 1. The predicted octanol–water partition coefficient (Wildman–Crippen LogP) is 1.87. The summed E-state index contributed by atoms with van der Waals surface area (Å²) in [5.41, 5.74) is 0.453. The number of nitrogens with zero attached hydrogens (tertiary/aromatic N) is 5. The van der Waals surface area contributed by atoms with Crippen LogP contribution in [0.1, 0.15) is 36.2 Å². The normalized spacial score (nSPS) is 18.2. The van der Waals surface area contributed by atoms with Crippen molar-refractivity contribution in [3.8, 4) is 0 Å². The van der Waals surface area contributed by atoms with Crippen molar-refractivity contribution in [2.45, 2.75) is 31.7 Å². The molecule has 0 atom stereocenters. The number of anilines is 2. The highest BCUT2D eigenvalue weighted by atomic mass is 16.1. The van der Waals surface area contributed by atoms with Crippen molar-refractivity contribution in [1.29, 1.82) is 0 Å². The van der Waals surface area contributed by atoms with Crippen LogP contribution in [-0.4, -0.2) is 53.1 Å². The fourth-order valence-corrected chi connectivity index (χ4v) is 3.68. The molecule has 2 aromatic heterocycles. The van der Waals surface area contributed by atoms with E-state index in [2.05, 4.69) is 30.1 Å². The Labute approximate surface area is 153 Å². The van der Waals surface area contributed by atoms with Gasteiger partial charge in [0.2, 0.25) is 0 Å². The second kappa shape index (κ2) is 7.68. The minimum atomic E-state index is -0.0901. The number of pyridine rings is 1. The number of nitrogens with one attached hydrogen (secondary N) is 1. The van der Waals surface area contributed by atoms with Crippen LogP contribution in [0.3, 0.4) is 0 Å². The molecular weight excluding hydrogens is 328 g/mol. The van der Waals surface area contributed by atoms with E-state index in [0.717, 1.165) is 50.7 Å². The zero-order chi connectivity index (χ0) is 17.8. The zero-order valence-corrected chi connectivity index (χ0v) is 14.8. The molecule has 2 aliphatic rings. The summed E-state index contributed by atoms with van der Waals surface area (Å²) in [6.07, 6.45) is 7.84. The van der Waals surface area contributed by atoms with E-state index in [1.807, 2.05) is 24.4 Å². The molecule has 0 radical (unpaired) electrons. The molecule has 1 N–H and O–H groups in total. The van der Waals surface area contributed by atoms with E-state index in [-0.39, 0.29) is 5.91 Å². The largest absolute Gasteiger partial charge is 0.353 e. The van der Waals surface area contributed by atoms with Crippen molar-refractivity contribution in [2.75, 3.05) is 36.0 Å². The number of aromatic nitrogens is 3. The molecule has 26 heavy (non-hydrogen) atoms. The van der Waals surface area contributed by atoms with Crippen molar-refractivity contribution >= 4 is 17.5 Å². The van der Waals surface area contributed by atoms with Crippen molar-refractivity contribution in [2.24, 2.45) is 0 Å². The molecule has 1 aliphatic carbocycles. The second-order valence-electron chi connectivity index (χ2n) is 6.88. The summed E-state index contributed by atoms with van der Waals surface area (Å²) in [6, 6.07) is 8.07. The van der Waals surface area contributed by atoms with Crippen molar-refractivity contribution in [3.63, 3.8) is 0 Å². The van der Waals surface area contributed by atoms with Gasteiger partial charge in [-0.3, -0.25) is 4.79 Å². The molecule has 4 rings (SSSR count). The van der Waals surface area contributed by atoms with Crippen molar-refractivity contribution in [3.05, 3.63) is 42.5 Å². The fourth-order valence-electron chi connectivity index (χ4n) is 3.68. The van der Waals surface area contributed by atoms with Gasteiger partial charge < -0.3 is 15.1 Å². The molecule has 0 bridgehead atoms. The third-order valence-electron chi connectivity index (χ3n) is 5.15. The first kappa shape index (κ1) is 16.8. The molecule has 1 saturated carbocycles. The Balaban J connectivity index is 1.38. The SMILES string of the molecule is O=C(NC1CCCC1)c1cc(N2CCN(c3ccccn3)CC2)ncn1. The number of hydrogen-bond donors (Lipinski definition) is 1. The summed E-state index contributed by atoms with van der Waals surface area (Å²) in [5, 5.41) is 3.09. The van der Waals surface area contributed by atoms with Crippen LogP contribution >= 0.6 is 0 Å². The first-order valence-corrected chi connectivity index (χ1v) is 9.33. The van der Waals surface area contributed by atoms with Gasteiger partial charge in [-0.1, -0.05) is 18.9 Å². The number of carbonyl (C=O) groups excluding carboxylic acids is 1. The Morgan fingerprint density at radius 1 is 0.962 bits per heavy atom. The van der Waals surface area contributed by atoms with Gasteiger partial charge in [0.05, 0.1) is 0 Å². The Kier molecular flexibility index (Phi) is 4.95. The molecule has 7 nitrogen and oxygen atoms in total. The predicted molar refractivity (Wildman–Crippen MR) is 100 cm³/mol. The monoisotopic (exact) mass is 352 g/mol. The summed E-state index contributed by atoms with van der Waals surface area (Å²) in [6.45, 7) is 3.45. The van der Waals surface area contributed by atoms with Crippen LogP contribution in [0.25, 0.3) is 0 Å². The molecule has 1 amide bonds. The number of piperazine rings is 1. The summed E-state index contributed by atoms with van der Waals surface area (Å²) < 4.78 is 0. The molecular formula is C19H24N6O. The number of amides is 1. The lowest BCUT2D eigenvalue weighted by atomic mass is 10.2. The molecule has 1 saturated heterocycles. The van der Waals surface area contributed by atoms with Gasteiger partial charge in [-0.05, 0) is 25.0 Å². The van der Waals surface area contributed by atoms with Gasteiger partial charge in [0, 0.05) is 44.5 Å². The minimum absolute atomic E-state index is 0.0901.